The molecule has 25 heavy (non-hydrogen) atoms. The van der Waals surface area contributed by atoms with Gasteiger partial charge in [-0.3, -0.25) is 14.4 Å². The van der Waals surface area contributed by atoms with Gasteiger partial charge in [0.1, 0.15) is 6.04 Å². The number of benzene rings is 1. The summed E-state index contributed by atoms with van der Waals surface area (Å²) in [7, 11) is 0. The van der Waals surface area contributed by atoms with Crippen LogP contribution in [-0.2, 0) is 27.2 Å². The van der Waals surface area contributed by atoms with Crippen molar-refractivity contribution in [2.45, 2.75) is 44.6 Å². The molecule has 0 unspecified atom stereocenters. The quantitative estimate of drug-likeness (QED) is 0.858. The van der Waals surface area contributed by atoms with Gasteiger partial charge < -0.3 is 15.5 Å². The van der Waals surface area contributed by atoms with Crippen molar-refractivity contribution in [1.82, 2.24) is 10.6 Å². The smallest absolute Gasteiger partial charge is 0.242 e. The first-order valence-electron chi connectivity index (χ1n) is 9.12. The van der Waals surface area contributed by atoms with Crippen molar-refractivity contribution in [3.63, 3.8) is 0 Å². The number of hydrogen-bond donors (Lipinski definition) is 2. The molecule has 3 aliphatic rings. The maximum atomic E-state index is 12.5. The summed E-state index contributed by atoms with van der Waals surface area (Å²) in [5, 5.41) is 5.58. The number of nitrogens with zero attached hydrogens (tertiary/aromatic N) is 1. The average molecular weight is 341 g/mol. The molecule has 132 valence electrons. The molecule has 1 aromatic rings. The highest BCUT2D eigenvalue weighted by atomic mass is 16.2. The molecule has 1 aromatic carbocycles. The zero-order valence-electron chi connectivity index (χ0n) is 14.2. The van der Waals surface area contributed by atoms with Crippen LogP contribution in [0.1, 0.15) is 36.8 Å². The van der Waals surface area contributed by atoms with E-state index in [0.717, 1.165) is 24.9 Å². The first-order chi connectivity index (χ1) is 12.1. The number of aryl methyl sites for hydroxylation is 2. The summed E-state index contributed by atoms with van der Waals surface area (Å²) >= 11 is 0. The lowest BCUT2D eigenvalue weighted by atomic mass is 10.0. The predicted octanol–water partition coefficient (Wildman–Crippen LogP) is 0.923. The van der Waals surface area contributed by atoms with E-state index in [9.17, 15) is 14.4 Å². The minimum absolute atomic E-state index is 0.0220. The summed E-state index contributed by atoms with van der Waals surface area (Å²) in [4.78, 5) is 38.4. The molecule has 0 aromatic heterocycles. The number of fused-ring (bicyclic) bond motifs is 1. The Balaban J connectivity index is 1.43. The van der Waals surface area contributed by atoms with E-state index in [-0.39, 0.29) is 24.1 Å². The van der Waals surface area contributed by atoms with Crippen molar-refractivity contribution >= 4 is 23.4 Å². The standard InChI is InChI=1S/C19H23N3O3/c23-17-10-14(18(24)21-16-5-2-8-20-19(16)25)11-22(17)15-7-6-12-3-1-4-13(12)9-15/h6-7,9,14,16H,1-5,8,10-11H2,(H,20,25)(H,21,24)/t14-,16+/m0/s1. The zero-order chi connectivity index (χ0) is 17.4. The molecule has 4 rings (SSSR count). The van der Waals surface area contributed by atoms with Crippen molar-refractivity contribution in [1.29, 1.82) is 0 Å². The second-order valence-electron chi connectivity index (χ2n) is 7.21. The normalized spacial score (nSPS) is 25.7. The van der Waals surface area contributed by atoms with Gasteiger partial charge >= 0.3 is 0 Å². The topological polar surface area (TPSA) is 78.5 Å². The fourth-order valence-electron chi connectivity index (χ4n) is 4.06. The van der Waals surface area contributed by atoms with Gasteiger partial charge in [-0.1, -0.05) is 6.07 Å². The number of anilines is 1. The fraction of sp³-hybridized carbons (Fsp3) is 0.526. The Hall–Kier alpha value is -2.37. The highest BCUT2D eigenvalue weighted by molar-refractivity contribution is 6.01. The second kappa shape index (κ2) is 6.50. The number of nitrogens with one attached hydrogen (secondary N) is 2. The van der Waals surface area contributed by atoms with Gasteiger partial charge in [0.05, 0.1) is 5.92 Å². The van der Waals surface area contributed by atoms with Crippen molar-refractivity contribution in [3.8, 4) is 0 Å². The Labute approximate surface area is 147 Å². The number of amides is 3. The first-order valence-corrected chi connectivity index (χ1v) is 9.12. The Bertz CT molecular complexity index is 731. The summed E-state index contributed by atoms with van der Waals surface area (Å²) in [6.07, 6.45) is 5.07. The van der Waals surface area contributed by atoms with Crippen molar-refractivity contribution < 1.29 is 14.4 Å². The van der Waals surface area contributed by atoms with E-state index in [1.165, 1.54) is 17.5 Å². The van der Waals surface area contributed by atoms with Gasteiger partial charge in [0.15, 0.2) is 0 Å². The van der Waals surface area contributed by atoms with Crippen molar-refractivity contribution in [3.05, 3.63) is 29.3 Å². The SMILES string of the molecule is O=C(N[C@@H]1CCCNC1=O)[C@H]1CC(=O)N(c2ccc3c(c2)CCC3)C1. The van der Waals surface area contributed by atoms with Crippen LogP contribution in [-0.4, -0.2) is 36.9 Å². The number of carbonyl (C=O) groups excluding carboxylic acids is 3. The summed E-state index contributed by atoms with van der Waals surface area (Å²) in [5.74, 6) is -0.736. The summed E-state index contributed by atoms with van der Waals surface area (Å²) < 4.78 is 0. The van der Waals surface area contributed by atoms with Gasteiger partial charge in [0.2, 0.25) is 17.7 Å². The molecule has 3 amide bonds. The molecule has 2 N–H and O–H groups in total. The third-order valence-electron chi connectivity index (χ3n) is 5.49. The fourth-order valence-corrected chi connectivity index (χ4v) is 4.06. The van der Waals surface area contributed by atoms with Crippen LogP contribution in [0.4, 0.5) is 5.69 Å². The Morgan fingerprint density at radius 1 is 1.16 bits per heavy atom. The first kappa shape index (κ1) is 16.1. The Morgan fingerprint density at radius 2 is 2.00 bits per heavy atom. The van der Waals surface area contributed by atoms with Gasteiger partial charge in [-0.2, -0.15) is 0 Å². The molecule has 1 aliphatic carbocycles. The minimum Gasteiger partial charge on any atom is -0.354 e. The van der Waals surface area contributed by atoms with Crippen LogP contribution >= 0.6 is 0 Å². The third-order valence-corrected chi connectivity index (χ3v) is 5.49. The van der Waals surface area contributed by atoms with E-state index in [1.807, 2.05) is 6.07 Å². The lowest BCUT2D eigenvalue weighted by molar-refractivity contribution is -0.132. The number of piperidine rings is 1. The summed E-state index contributed by atoms with van der Waals surface area (Å²) in [5.41, 5.74) is 3.57. The average Bonchev–Trinajstić information content (AvgIpc) is 3.22. The van der Waals surface area contributed by atoms with E-state index in [2.05, 4.69) is 22.8 Å². The molecule has 6 nitrogen and oxygen atoms in total. The van der Waals surface area contributed by atoms with Gasteiger partial charge in [-0.15, -0.1) is 0 Å². The predicted molar refractivity (Wildman–Crippen MR) is 93.1 cm³/mol. The molecule has 0 saturated carbocycles. The molecule has 2 fully saturated rings. The Kier molecular flexibility index (Phi) is 4.19. The van der Waals surface area contributed by atoms with Crippen LogP contribution in [0.3, 0.4) is 0 Å². The maximum Gasteiger partial charge on any atom is 0.242 e. The molecule has 0 spiro atoms. The highest BCUT2D eigenvalue weighted by Gasteiger charge is 2.37. The van der Waals surface area contributed by atoms with Crippen LogP contribution in [0.2, 0.25) is 0 Å². The van der Waals surface area contributed by atoms with E-state index in [0.29, 0.717) is 19.5 Å². The number of hydrogen-bond acceptors (Lipinski definition) is 3. The van der Waals surface area contributed by atoms with Crippen LogP contribution in [0.5, 0.6) is 0 Å². The van der Waals surface area contributed by atoms with Crippen LogP contribution in [0.15, 0.2) is 18.2 Å². The van der Waals surface area contributed by atoms with Crippen LogP contribution in [0.25, 0.3) is 0 Å². The molecule has 2 saturated heterocycles. The number of rotatable bonds is 3. The molecule has 2 heterocycles. The van der Waals surface area contributed by atoms with E-state index in [1.54, 1.807) is 4.90 Å². The molecule has 6 heteroatoms. The van der Waals surface area contributed by atoms with E-state index in [4.69, 9.17) is 0 Å². The van der Waals surface area contributed by atoms with Gasteiger partial charge in [0.25, 0.3) is 0 Å². The number of carbonyl (C=O) groups is 3. The zero-order valence-corrected chi connectivity index (χ0v) is 14.2. The molecule has 2 atom stereocenters. The van der Waals surface area contributed by atoms with Crippen LogP contribution in [0, 0.1) is 5.92 Å². The Morgan fingerprint density at radius 3 is 2.84 bits per heavy atom. The summed E-state index contributed by atoms with van der Waals surface area (Å²) in [6, 6.07) is 5.71. The van der Waals surface area contributed by atoms with Gasteiger partial charge in [0, 0.05) is 25.2 Å². The molecule has 0 radical (unpaired) electrons. The second-order valence-corrected chi connectivity index (χ2v) is 7.21. The minimum atomic E-state index is -0.467. The van der Waals surface area contributed by atoms with E-state index >= 15 is 0 Å². The maximum absolute atomic E-state index is 12.5. The molecular formula is C19H23N3O3. The molecule has 2 aliphatic heterocycles. The molecular weight excluding hydrogens is 318 g/mol. The van der Waals surface area contributed by atoms with Gasteiger partial charge in [-0.05, 0) is 55.4 Å². The molecule has 0 bridgehead atoms. The van der Waals surface area contributed by atoms with Gasteiger partial charge in [-0.25, -0.2) is 0 Å². The summed E-state index contributed by atoms with van der Waals surface area (Å²) in [6.45, 7) is 1.05. The van der Waals surface area contributed by atoms with Crippen molar-refractivity contribution in [2.24, 2.45) is 5.92 Å². The van der Waals surface area contributed by atoms with Crippen LogP contribution < -0.4 is 15.5 Å². The van der Waals surface area contributed by atoms with Crippen molar-refractivity contribution in [2.75, 3.05) is 18.0 Å². The third kappa shape index (κ3) is 3.13. The monoisotopic (exact) mass is 341 g/mol. The lowest BCUT2D eigenvalue weighted by Crippen LogP contribution is -2.51. The highest BCUT2D eigenvalue weighted by Crippen LogP contribution is 2.30. The lowest BCUT2D eigenvalue weighted by Gasteiger charge is -2.24. The van der Waals surface area contributed by atoms with E-state index < -0.39 is 12.0 Å². The largest absolute Gasteiger partial charge is 0.354 e.